The van der Waals surface area contributed by atoms with Gasteiger partial charge >= 0.3 is 0 Å². The van der Waals surface area contributed by atoms with Gasteiger partial charge in [0.1, 0.15) is 0 Å². The van der Waals surface area contributed by atoms with Crippen molar-refractivity contribution < 1.29 is 0 Å². The van der Waals surface area contributed by atoms with Crippen LogP contribution in [0.2, 0.25) is 0 Å². The molecule has 0 aliphatic carbocycles. The van der Waals surface area contributed by atoms with Gasteiger partial charge < -0.3 is 4.57 Å². The summed E-state index contributed by atoms with van der Waals surface area (Å²) in [4.78, 5) is 0. The van der Waals surface area contributed by atoms with E-state index < -0.39 is 0 Å². The van der Waals surface area contributed by atoms with E-state index in [2.05, 4.69) is 246 Å². The van der Waals surface area contributed by atoms with Crippen molar-refractivity contribution in [3.8, 4) is 39.1 Å². The fourth-order valence-electron chi connectivity index (χ4n) is 11.4. The third-order valence-corrected chi connectivity index (χ3v) is 15.8. The first-order chi connectivity index (χ1) is 33.0. The number of nitrogens with zero attached hydrogens (tertiary/aromatic N) is 1. The van der Waals surface area contributed by atoms with Crippen LogP contribution in [0.3, 0.4) is 0 Å². The van der Waals surface area contributed by atoms with Crippen LogP contribution in [-0.2, 0) is 10.8 Å². The van der Waals surface area contributed by atoms with Crippen LogP contribution >= 0.6 is 11.3 Å². The first-order valence-electron chi connectivity index (χ1n) is 24.0. The molecule has 2 heteroatoms. The highest BCUT2D eigenvalue weighted by molar-refractivity contribution is 7.26. The minimum atomic E-state index is 0.0213. The second kappa shape index (κ2) is 15.0. The molecule has 0 bridgehead atoms. The Kier molecular flexibility index (Phi) is 8.98. The van der Waals surface area contributed by atoms with Gasteiger partial charge in [-0.15, -0.1) is 11.3 Å². The molecule has 0 aliphatic rings. The molecular weight excluding hydrogens is 839 g/mol. The second-order valence-corrected chi connectivity index (χ2v) is 21.9. The lowest BCUT2D eigenvalue weighted by Crippen LogP contribution is -2.10. The molecule has 2 aromatic heterocycles. The van der Waals surface area contributed by atoms with Gasteiger partial charge in [0.25, 0.3) is 0 Å². The molecule has 68 heavy (non-hydrogen) atoms. The van der Waals surface area contributed by atoms with Crippen LogP contribution in [0.1, 0.15) is 52.7 Å². The van der Waals surface area contributed by atoms with Crippen molar-refractivity contribution >= 4 is 96.4 Å². The van der Waals surface area contributed by atoms with E-state index in [1.165, 1.54) is 135 Å². The van der Waals surface area contributed by atoms with Gasteiger partial charge in [-0.3, -0.25) is 0 Å². The minimum absolute atomic E-state index is 0.0213. The van der Waals surface area contributed by atoms with Crippen LogP contribution in [-0.4, -0.2) is 4.57 Å². The van der Waals surface area contributed by atoms with Crippen LogP contribution in [0, 0.1) is 0 Å². The molecule has 0 atom stereocenters. The van der Waals surface area contributed by atoms with Gasteiger partial charge in [-0.1, -0.05) is 199 Å². The predicted octanol–water partition coefficient (Wildman–Crippen LogP) is 19.4. The van der Waals surface area contributed by atoms with Gasteiger partial charge in [-0.05, 0) is 130 Å². The number of hydrogen-bond acceptors (Lipinski definition) is 1. The Hall–Kier alpha value is -7.52. The Morgan fingerprint density at radius 1 is 0.324 bits per heavy atom. The topological polar surface area (TPSA) is 4.93 Å². The maximum atomic E-state index is 2.57. The third-order valence-electron chi connectivity index (χ3n) is 14.7. The number of thiophene rings is 1. The molecule has 0 N–H and O–H groups in total. The Labute approximate surface area is 401 Å². The monoisotopic (exact) mass is 889 g/mol. The van der Waals surface area contributed by atoms with Crippen LogP contribution in [0.4, 0.5) is 0 Å². The summed E-state index contributed by atoms with van der Waals surface area (Å²) < 4.78 is 5.17. The zero-order valence-electron chi connectivity index (χ0n) is 39.4. The van der Waals surface area contributed by atoms with E-state index in [0.717, 1.165) is 0 Å². The van der Waals surface area contributed by atoms with Crippen LogP contribution in [0.5, 0.6) is 0 Å². The Balaban J connectivity index is 1.10. The largest absolute Gasteiger partial charge is 0.308 e. The van der Waals surface area contributed by atoms with E-state index in [4.69, 9.17) is 0 Å². The molecule has 0 fully saturated rings. The van der Waals surface area contributed by atoms with Crippen molar-refractivity contribution in [3.63, 3.8) is 0 Å². The normalized spacial score (nSPS) is 12.6. The fourth-order valence-corrected chi connectivity index (χ4v) is 12.5. The Morgan fingerprint density at radius 2 is 0.779 bits per heavy atom. The standard InChI is InChI=1S/C66H51NS/c1-65(2,3)42-32-34-56-53(38-42)54-39-43(66(4,5)6)33-35-57(54)67(56)64-50-27-16-14-25-48(50)62(49-26-15-17-28-51(49)64)52-29-18-30-59-63(52)55-37-41(31-36-58(55)68-59)61-46-23-12-10-21-44(46)60(40-19-8-7-9-20-40)45-22-11-13-24-47(45)61/h7-39H,1-6H3. The molecule has 13 rings (SSSR count). The van der Waals surface area contributed by atoms with Crippen molar-refractivity contribution in [1.82, 2.24) is 4.57 Å². The first-order valence-corrected chi connectivity index (χ1v) is 24.8. The predicted molar refractivity (Wildman–Crippen MR) is 297 cm³/mol. The quantitative estimate of drug-likeness (QED) is 0.155. The molecule has 1 nitrogen and oxygen atoms in total. The molecule has 13 aromatic rings. The van der Waals surface area contributed by atoms with Crippen LogP contribution < -0.4 is 0 Å². The van der Waals surface area contributed by atoms with Gasteiger partial charge in [0, 0.05) is 41.7 Å². The van der Waals surface area contributed by atoms with Gasteiger partial charge in [-0.25, -0.2) is 0 Å². The van der Waals surface area contributed by atoms with E-state index in [1.807, 2.05) is 11.3 Å². The van der Waals surface area contributed by atoms with Crippen molar-refractivity contribution in [2.24, 2.45) is 0 Å². The lowest BCUT2D eigenvalue weighted by Gasteiger charge is -2.21. The van der Waals surface area contributed by atoms with Gasteiger partial charge in [0.05, 0.1) is 16.7 Å². The zero-order chi connectivity index (χ0) is 46.1. The number of hydrogen-bond donors (Lipinski definition) is 0. The van der Waals surface area contributed by atoms with E-state index in [0.29, 0.717) is 0 Å². The van der Waals surface area contributed by atoms with E-state index in [1.54, 1.807) is 0 Å². The van der Waals surface area contributed by atoms with E-state index >= 15 is 0 Å². The molecule has 326 valence electrons. The molecule has 0 spiro atoms. The Morgan fingerprint density at radius 3 is 1.28 bits per heavy atom. The number of benzene rings is 11. The average Bonchev–Trinajstić information content (AvgIpc) is 3.89. The molecule has 0 radical (unpaired) electrons. The molecular formula is C66H51NS. The molecule has 0 saturated heterocycles. The molecule has 0 amide bonds. The zero-order valence-corrected chi connectivity index (χ0v) is 40.2. The molecule has 0 saturated carbocycles. The second-order valence-electron chi connectivity index (χ2n) is 20.8. The van der Waals surface area contributed by atoms with Crippen molar-refractivity contribution in [1.29, 1.82) is 0 Å². The summed E-state index contributed by atoms with van der Waals surface area (Å²) >= 11 is 1.90. The fraction of sp³-hybridized carbons (Fsp3) is 0.121. The number of rotatable bonds is 4. The van der Waals surface area contributed by atoms with E-state index in [9.17, 15) is 0 Å². The number of fused-ring (bicyclic) bond motifs is 10. The van der Waals surface area contributed by atoms with Crippen molar-refractivity contribution in [2.75, 3.05) is 0 Å². The van der Waals surface area contributed by atoms with Crippen molar-refractivity contribution in [3.05, 3.63) is 211 Å². The summed E-state index contributed by atoms with van der Waals surface area (Å²) in [5, 5.41) is 15.3. The van der Waals surface area contributed by atoms with E-state index in [-0.39, 0.29) is 10.8 Å². The van der Waals surface area contributed by atoms with Crippen LogP contribution in [0.15, 0.2) is 200 Å². The summed E-state index contributed by atoms with van der Waals surface area (Å²) in [6.07, 6.45) is 0. The summed E-state index contributed by atoms with van der Waals surface area (Å²) in [5.41, 5.74) is 14.0. The molecule has 0 unspecified atom stereocenters. The van der Waals surface area contributed by atoms with Crippen LogP contribution in [0.25, 0.3) is 124 Å². The highest BCUT2D eigenvalue weighted by Crippen LogP contribution is 2.50. The summed E-state index contributed by atoms with van der Waals surface area (Å²) in [6, 6.07) is 75.7. The lowest BCUT2D eigenvalue weighted by molar-refractivity contribution is 0.590. The smallest absolute Gasteiger partial charge is 0.0619 e. The summed E-state index contributed by atoms with van der Waals surface area (Å²) in [6.45, 7) is 13.9. The van der Waals surface area contributed by atoms with Gasteiger partial charge in [0.2, 0.25) is 0 Å². The molecule has 0 aliphatic heterocycles. The summed E-state index contributed by atoms with van der Waals surface area (Å²) in [5.74, 6) is 0. The maximum Gasteiger partial charge on any atom is 0.0619 e. The molecule has 2 heterocycles. The first kappa shape index (κ1) is 40.7. The SMILES string of the molecule is CC(C)(C)c1ccc2c(c1)c1cc(C(C)(C)C)ccc1n2-c1c2ccccc2c(-c2cccc3sc4ccc(-c5c6ccccc6c(-c6ccccc6)c6ccccc56)cc4c23)c2ccccc12. The third kappa shape index (κ3) is 6.13. The van der Waals surface area contributed by atoms with Gasteiger partial charge in [0.15, 0.2) is 0 Å². The highest BCUT2D eigenvalue weighted by Gasteiger charge is 2.26. The summed E-state index contributed by atoms with van der Waals surface area (Å²) in [7, 11) is 0. The van der Waals surface area contributed by atoms with Crippen molar-refractivity contribution in [2.45, 2.75) is 52.4 Å². The average molecular weight is 890 g/mol. The Bertz CT molecular complexity index is 4020. The van der Waals surface area contributed by atoms with Gasteiger partial charge in [-0.2, -0.15) is 0 Å². The number of aromatic nitrogens is 1. The maximum absolute atomic E-state index is 2.57. The molecule has 11 aromatic carbocycles. The highest BCUT2D eigenvalue weighted by atomic mass is 32.1. The lowest BCUT2D eigenvalue weighted by atomic mass is 9.85. The minimum Gasteiger partial charge on any atom is -0.308 e.